The van der Waals surface area contributed by atoms with E-state index in [9.17, 15) is 4.79 Å². The highest BCUT2D eigenvalue weighted by molar-refractivity contribution is 5.94. The van der Waals surface area contributed by atoms with Crippen molar-refractivity contribution in [2.45, 2.75) is 25.4 Å². The van der Waals surface area contributed by atoms with Crippen molar-refractivity contribution in [2.24, 2.45) is 4.99 Å². The quantitative estimate of drug-likeness (QED) is 0.533. The number of hydrogen-bond donors (Lipinski definition) is 3. The predicted octanol–water partition coefficient (Wildman–Crippen LogP) is 2.45. The standard InChI is InChI=1S/C22H29N5O/c1-23-22(24-16-21(28)25-19-10-6-3-7-11-19)26-20-12-14-27(15-13-20)17-18-8-4-2-5-9-18/h2-11,20H,12-17H2,1H3,(H,25,28)(H2,23,24,26). The van der Waals surface area contributed by atoms with Gasteiger partial charge >= 0.3 is 0 Å². The number of carbonyl (C=O) groups is 1. The molecule has 2 aromatic rings. The molecule has 3 rings (SSSR count). The summed E-state index contributed by atoms with van der Waals surface area (Å²) in [7, 11) is 1.73. The molecule has 1 aliphatic rings. The third-order valence-corrected chi connectivity index (χ3v) is 4.87. The van der Waals surface area contributed by atoms with Crippen LogP contribution in [0.1, 0.15) is 18.4 Å². The Bertz CT molecular complexity index is 755. The highest BCUT2D eigenvalue weighted by Gasteiger charge is 2.20. The monoisotopic (exact) mass is 379 g/mol. The van der Waals surface area contributed by atoms with Gasteiger partial charge in [0.1, 0.15) is 0 Å². The normalized spacial score (nSPS) is 15.8. The first-order chi connectivity index (χ1) is 13.7. The number of nitrogens with one attached hydrogen (secondary N) is 3. The number of para-hydroxylation sites is 1. The largest absolute Gasteiger partial charge is 0.354 e. The van der Waals surface area contributed by atoms with Crippen LogP contribution in [-0.4, -0.2) is 49.5 Å². The molecule has 0 radical (unpaired) electrons. The lowest BCUT2D eigenvalue weighted by molar-refractivity contribution is -0.115. The number of guanidine groups is 1. The molecule has 0 saturated carbocycles. The van der Waals surface area contributed by atoms with Crippen LogP contribution in [0.2, 0.25) is 0 Å². The van der Waals surface area contributed by atoms with E-state index in [4.69, 9.17) is 0 Å². The molecule has 6 nitrogen and oxygen atoms in total. The van der Waals surface area contributed by atoms with E-state index in [0.717, 1.165) is 38.2 Å². The molecule has 0 unspecified atom stereocenters. The minimum Gasteiger partial charge on any atom is -0.354 e. The summed E-state index contributed by atoms with van der Waals surface area (Å²) in [5.41, 5.74) is 2.15. The Balaban J connectivity index is 1.37. The SMILES string of the molecule is CN=C(NCC(=O)Nc1ccccc1)NC1CCN(Cc2ccccc2)CC1. The van der Waals surface area contributed by atoms with Crippen LogP contribution < -0.4 is 16.0 Å². The van der Waals surface area contributed by atoms with E-state index in [1.807, 2.05) is 30.3 Å². The fourth-order valence-corrected chi connectivity index (χ4v) is 3.36. The molecule has 0 spiro atoms. The van der Waals surface area contributed by atoms with Crippen LogP contribution in [0.3, 0.4) is 0 Å². The number of carbonyl (C=O) groups excluding carboxylic acids is 1. The van der Waals surface area contributed by atoms with E-state index in [2.05, 4.69) is 56.2 Å². The van der Waals surface area contributed by atoms with E-state index in [-0.39, 0.29) is 12.5 Å². The Kier molecular flexibility index (Phi) is 7.44. The van der Waals surface area contributed by atoms with Crippen molar-refractivity contribution in [3.63, 3.8) is 0 Å². The minimum absolute atomic E-state index is 0.0909. The number of anilines is 1. The number of likely N-dealkylation sites (tertiary alicyclic amines) is 1. The summed E-state index contributed by atoms with van der Waals surface area (Å²) in [6.45, 7) is 3.29. The number of nitrogens with zero attached hydrogens (tertiary/aromatic N) is 2. The fraction of sp³-hybridized carbons (Fsp3) is 0.364. The molecule has 6 heteroatoms. The van der Waals surface area contributed by atoms with Gasteiger partial charge in [-0.05, 0) is 30.5 Å². The second-order valence-electron chi connectivity index (χ2n) is 7.02. The van der Waals surface area contributed by atoms with Crippen LogP contribution in [0.25, 0.3) is 0 Å². The summed E-state index contributed by atoms with van der Waals surface area (Å²) in [4.78, 5) is 18.8. The Morgan fingerprint density at radius 1 is 1.04 bits per heavy atom. The van der Waals surface area contributed by atoms with Gasteiger partial charge in [0, 0.05) is 38.4 Å². The van der Waals surface area contributed by atoms with Gasteiger partial charge in [-0.1, -0.05) is 48.5 Å². The van der Waals surface area contributed by atoms with Gasteiger partial charge in [-0.2, -0.15) is 0 Å². The van der Waals surface area contributed by atoms with Gasteiger partial charge in [0.2, 0.25) is 5.91 Å². The molecule has 3 N–H and O–H groups in total. The average molecular weight is 380 g/mol. The number of amides is 1. The first kappa shape index (κ1) is 19.9. The second kappa shape index (κ2) is 10.5. The lowest BCUT2D eigenvalue weighted by Crippen LogP contribution is -2.49. The van der Waals surface area contributed by atoms with E-state index in [1.54, 1.807) is 7.05 Å². The van der Waals surface area contributed by atoms with Gasteiger partial charge in [-0.3, -0.25) is 14.7 Å². The molecule has 0 aromatic heterocycles. The Hall–Kier alpha value is -2.86. The van der Waals surface area contributed by atoms with Crippen LogP contribution in [0, 0.1) is 0 Å². The third kappa shape index (κ3) is 6.39. The van der Waals surface area contributed by atoms with Gasteiger partial charge in [-0.15, -0.1) is 0 Å². The molecule has 148 valence electrons. The van der Waals surface area contributed by atoms with Crippen molar-refractivity contribution in [2.75, 3.05) is 32.0 Å². The van der Waals surface area contributed by atoms with Crippen molar-refractivity contribution >= 4 is 17.6 Å². The van der Waals surface area contributed by atoms with Crippen LogP contribution >= 0.6 is 0 Å². The van der Waals surface area contributed by atoms with Crippen LogP contribution in [0.5, 0.6) is 0 Å². The van der Waals surface area contributed by atoms with Crippen molar-refractivity contribution < 1.29 is 4.79 Å². The average Bonchev–Trinajstić information content (AvgIpc) is 2.74. The maximum atomic E-state index is 12.1. The summed E-state index contributed by atoms with van der Waals surface area (Å²) in [5, 5.41) is 9.41. The van der Waals surface area contributed by atoms with Crippen molar-refractivity contribution in [3.05, 3.63) is 66.2 Å². The molecule has 1 fully saturated rings. The summed E-state index contributed by atoms with van der Waals surface area (Å²) >= 11 is 0. The van der Waals surface area contributed by atoms with Crippen LogP contribution in [-0.2, 0) is 11.3 Å². The maximum absolute atomic E-state index is 12.1. The summed E-state index contributed by atoms with van der Waals surface area (Å²) < 4.78 is 0. The Morgan fingerprint density at radius 3 is 2.32 bits per heavy atom. The topological polar surface area (TPSA) is 68.8 Å². The molecule has 1 amide bonds. The number of rotatable bonds is 6. The van der Waals surface area contributed by atoms with Gasteiger partial charge < -0.3 is 16.0 Å². The molecule has 1 aliphatic heterocycles. The molecule has 28 heavy (non-hydrogen) atoms. The summed E-state index contributed by atoms with van der Waals surface area (Å²) in [5.74, 6) is 0.580. The summed E-state index contributed by atoms with van der Waals surface area (Å²) in [6, 6.07) is 20.4. The molecule has 0 aliphatic carbocycles. The van der Waals surface area contributed by atoms with Gasteiger partial charge in [0.05, 0.1) is 6.54 Å². The highest BCUT2D eigenvalue weighted by atomic mass is 16.1. The van der Waals surface area contributed by atoms with E-state index < -0.39 is 0 Å². The Morgan fingerprint density at radius 2 is 1.68 bits per heavy atom. The first-order valence-corrected chi connectivity index (χ1v) is 9.81. The van der Waals surface area contributed by atoms with Gasteiger partial charge in [0.15, 0.2) is 5.96 Å². The fourth-order valence-electron chi connectivity index (χ4n) is 3.36. The zero-order valence-electron chi connectivity index (χ0n) is 16.4. The minimum atomic E-state index is -0.0909. The third-order valence-electron chi connectivity index (χ3n) is 4.87. The van der Waals surface area contributed by atoms with Gasteiger partial charge in [-0.25, -0.2) is 0 Å². The Labute approximate surface area is 167 Å². The number of aliphatic imine (C=N–C) groups is 1. The summed E-state index contributed by atoms with van der Waals surface area (Å²) in [6.07, 6.45) is 2.12. The zero-order chi connectivity index (χ0) is 19.6. The molecule has 1 saturated heterocycles. The van der Waals surface area contributed by atoms with Crippen molar-refractivity contribution in [1.82, 2.24) is 15.5 Å². The van der Waals surface area contributed by atoms with Crippen LogP contribution in [0.4, 0.5) is 5.69 Å². The number of piperidine rings is 1. The number of hydrogen-bond acceptors (Lipinski definition) is 3. The molecule has 1 heterocycles. The van der Waals surface area contributed by atoms with E-state index in [0.29, 0.717) is 12.0 Å². The molecule has 0 atom stereocenters. The lowest BCUT2D eigenvalue weighted by atomic mass is 10.0. The zero-order valence-corrected chi connectivity index (χ0v) is 16.4. The van der Waals surface area contributed by atoms with Crippen molar-refractivity contribution in [1.29, 1.82) is 0 Å². The molecular formula is C22H29N5O. The highest BCUT2D eigenvalue weighted by Crippen LogP contribution is 2.13. The lowest BCUT2D eigenvalue weighted by Gasteiger charge is -2.33. The smallest absolute Gasteiger partial charge is 0.243 e. The first-order valence-electron chi connectivity index (χ1n) is 9.81. The van der Waals surface area contributed by atoms with E-state index in [1.165, 1.54) is 5.56 Å². The van der Waals surface area contributed by atoms with Crippen LogP contribution in [0.15, 0.2) is 65.7 Å². The second-order valence-corrected chi connectivity index (χ2v) is 7.02. The number of benzene rings is 2. The van der Waals surface area contributed by atoms with Crippen molar-refractivity contribution in [3.8, 4) is 0 Å². The maximum Gasteiger partial charge on any atom is 0.243 e. The van der Waals surface area contributed by atoms with Gasteiger partial charge in [0.25, 0.3) is 0 Å². The molecule has 2 aromatic carbocycles. The molecular weight excluding hydrogens is 350 g/mol. The van der Waals surface area contributed by atoms with E-state index >= 15 is 0 Å². The predicted molar refractivity (Wildman–Crippen MR) is 114 cm³/mol. The molecule has 0 bridgehead atoms.